The fraction of sp³-hybridized carbons (Fsp3) is 0.0833. The fourth-order valence-corrected chi connectivity index (χ4v) is 1.86. The number of nitrogens with zero attached hydrogens (tertiary/aromatic N) is 2. The molecule has 7 heteroatoms. The molecule has 1 heterocycles. The summed E-state index contributed by atoms with van der Waals surface area (Å²) >= 11 is 3.24. The minimum atomic E-state index is -0.580. The SMILES string of the molecule is O=[N+]([O-])c1ccc(COc2ccc(F)nc2)c(Br)c1. The highest BCUT2D eigenvalue weighted by atomic mass is 79.9. The summed E-state index contributed by atoms with van der Waals surface area (Å²) in [6, 6.07) is 7.05. The number of nitro groups is 1. The zero-order valence-corrected chi connectivity index (χ0v) is 11.1. The summed E-state index contributed by atoms with van der Waals surface area (Å²) in [6.45, 7) is 0.200. The van der Waals surface area contributed by atoms with E-state index in [1.807, 2.05) is 0 Å². The van der Waals surface area contributed by atoms with Crippen LogP contribution in [-0.4, -0.2) is 9.91 Å². The van der Waals surface area contributed by atoms with Crippen LogP contribution in [0.1, 0.15) is 5.56 Å². The second kappa shape index (κ2) is 5.75. The molecule has 0 aliphatic rings. The Morgan fingerprint density at radius 3 is 2.74 bits per heavy atom. The molecule has 1 aromatic heterocycles. The summed E-state index contributed by atoms with van der Waals surface area (Å²) in [4.78, 5) is 13.6. The van der Waals surface area contributed by atoms with Gasteiger partial charge in [0.25, 0.3) is 5.69 Å². The summed E-state index contributed by atoms with van der Waals surface area (Å²) in [5.74, 6) is -0.157. The van der Waals surface area contributed by atoms with E-state index in [1.165, 1.54) is 30.5 Å². The van der Waals surface area contributed by atoms with E-state index in [-0.39, 0.29) is 12.3 Å². The zero-order chi connectivity index (χ0) is 13.8. The van der Waals surface area contributed by atoms with E-state index in [1.54, 1.807) is 6.07 Å². The standard InChI is InChI=1S/C12H8BrFN2O3/c13-11-5-9(16(17)18)2-1-8(11)7-19-10-3-4-12(14)15-6-10/h1-6H,7H2. The number of halogens is 2. The molecule has 0 N–H and O–H groups in total. The molecule has 1 aromatic carbocycles. The lowest BCUT2D eigenvalue weighted by atomic mass is 10.2. The van der Waals surface area contributed by atoms with Gasteiger partial charge in [-0.1, -0.05) is 15.9 Å². The van der Waals surface area contributed by atoms with Crippen LogP contribution >= 0.6 is 15.9 Å². The first-order valence-corrected chi connectivity index (χ1v) is 6.03. The molecule has 0 atom stereocenters. The van der Waals surface area contributed by atoms with Gasteiger partial charge in [-0.15, -0.1) is 0 Å². The van der Waals surface area contributed by atoms with Crippen LogP contribution in [0.4, 0.5) is 10.1 Å². The Morgan fingerprint density at radius 1 is 1.37 bits per heavy atom. The molecule has 0 saturated carbocycles. The van der Waals surface area contributed by atoms with E-state index >= 15 is 0 Å². The number of non-ortho nitro benzene ring substituents is 1. The lowest BCUT2D eigenvalue weighted by Gasteiger charge is -2.07. The quantitative estimate of drug-likeness (QED) is 0.490. The second-order valence-electron chi connectivity index (χ2n) is 3.64. The topological polar surface area (TPSA) is 65.3 Å². The smallest absolute Gasteiger partial charge is 0.270 e. The molecule has 0 fully saturated rings. The summed E-state index contributed by atoms with van der Waals surface area (Å²) in [6.07, 6.45) is 1.27. The number of hydrogen-bond donors (Lipinski definition) is 0. The molecule has 2 aromatic rings. The van der Waals surface area contributed by atoms with Gasteiger partial charge >= 0.3 is 0 Å². The lowest BCUT2D eigenvalue weighted by molar-refractivity contribution is -0.384. The molecule has 0 amide bonds. The van der Waals surface area contributed by atoms with E-state index in [9.17, 15) is 14.5 Å². The highest BCUT2D eigenvalue weighted by Crippen LogP contribution is 2.24. The summed E-state index contributed by atoms with van der Waals surface area (Å²) < 4.78 is 18.6. The van der Waals surface area contributed by atoms with E-state index < -0.39 is 10.9 Å². The van der Waals surface area contributed by atoms with Crippen LogP contribution in [0.5, 0.6) is 5.75 Å². The summed E-state index contributed by atoms with van der Waals surface area (Å²) in [7, 11) is 0. The largest absolute Gasteiger partial charge is 0.487 e. The Morgan fingerprint density at radius 2 is 2.16 bits per heavy atom. The first-order chi connectivity index (χ1) is 9.06. The maximum absolute atomic E-state index is 12.6. The van der Waals surface area contributed by atoms with Crippen molar-refractivity contribution in [1.82, 2.24) is 4.98 Å². The Kier molecular flexibility index (Phi) is 4.06. The van der Waals surface area contributed by atoms with Crippen LogP contribution < -0.4 is 4.74 Å². The lowest BCUT2D eigenvalue weighted by Crippen LogP contribution is -1.98. The van der Waals surface area contributed by atoms with Gasteiger partial charge in [-0.3, -0.25) is 10.1 Å². The first-order valence-electron chi connectivity index (χ1n) is 5.23. The molecule has 0 spiro atoms. The van der Waals surface area contributed by atoms with Crippen molar-refractivity contribution in [3.8, 4) is 5.75 Å². The minimum absolute atomic E-state index is 0.000858. The third-order valence-corrected chi connectivity index (χ3v) is 3.08. The molecule has 0 bridgehead atoms. The average molecular weight is 327 g/mol. The van der Waals surface area contributed by atoms with Crippen molar-refractivity contribution < 1.29 is 14.1 Å². The predicted molar refractivity (Wildman–Crippen MR) is 69.3 cm³/mol. The van der Waals surface area contributed by atoms with Crippen LogP contribution in [0.2, 0.25) is 0 Å². The van der Waals surface area contributed by atoms with Crippen LogP contribution in [0.3, 0.4) is 0 Å². The molecular weight excluding hydrogens is 319 g/mol. The highest BCUT2D eigenvalue weighted by Gasteiger charge is 2.09. The van der Waals surface area contributed by atoms with Crippen molar-refractivity contribution in [3.63, 3.8) is 0 Å². The second-order valence-corrected chi connectivity index (χ2v) is 4.49. The normalized spacial score (nSPS) is 10.2. The van der Waals surface area contributed by atoms with Gasteiger partial charge in [0.2, 0.25) is 5.95 Å². The van der Waals surface area contributed by atoms with Gasteiger partial charge < -0.3 is 4.74 Å². The highest BCUT2D eigenvalue weighted by molar-refractivity contribution is 9.10. The Balaban J connectivity index is 2.07. The Bertz CT molecular complexity index is 604. The monoisotopic (exact) mass is 326 g/mol. The number of aromatic nitrogens is 1. The number of pyridine rings is 1. The third-order valence-electron chi connectivity index (χ3n) is 2.34. The molecular formula is C12H8BrFN2O3. The molecule has 0 aliphatic heterocycles. The van der Waals surface area contributed by atoms with Gasteiger partial charge in [0, 0.05) is 22.2 Å². The predicted octanol–water partition coefficient (Wildman–Crippen LogP) is 3.47. The van der Waals surface area contributed by atoms with E-state index in [2.05, 4.69) is 20.9 Å². The maximum Gasteiger partial charge on any atom is 0.270 e. The van der Waals surface area contributed by atoms with Crippen molar-refractivity contribution in [2.75, 3.05) is 0 Å². The number of nitro benzene ring substituents is 1. The van der Waals surface area contributed by atoms with Crippen molar-refractivity contribution in [2.24, 2.45) is 0 Å². The number of ether oxygens (including phenoxy) is 1. The molecule has 19 heavy (non-hydrogen) atoms. The van der Waals surface area contributed by atoms with Gasteiger partial charge in [-0.2, -0.15) is 4.39 Å². The van der Waals surface area contributed by atoms with Crippen molar-refractivity contribution in [2.45, 2.75) is 6.61 Å². The van der Waals surface area contributed by atoms with Gasteiger partial charge in [-0.25, -0.2) is 4.98 Å². The molecule has 0 aliphatic carbocycles. The maximum atomic E-state index is 12.6. The van der Waals surface area contributed by atoms with Gasteiger partial charge in [0.1, 0.15) is 12.4 Å². The van der Waals surface area contributed by atoms with Crippen LogP contribution in [0.15, 0.2) is 41.0 Å². The van der Waals surface area contributed by atoms with Crippen molar-refractivity contribution >= 4 is 21.6 Å². The first kappa shape index (κ1) is 13.4. The van der Waals surface area contributed by atoms with E-state index in [0.717, 1.165) is 5.56 Å². The molecule has 0 saturated heterocycles. The van der Waals surface area contributed by atoms with Crippen LogP contribution in [0.25, 0.3) is 0 Å². The Labute approximate surface area is 116 Å². The van der Waals surface area contributed by atoms with Gasteiger partial charge in [0.15, 0.2) is 0 Å². The minimum Gasteiger partial charge on any atom is -0.487 e. The van der Waals surface area contributed by atoms with E-state index in [4.69, 9.17) is 4.74 Å². The van der Waals surface area contributed by atoms with Gasteiger partial charge in [-0.05, 0) is 18.2 Å². The third kappa shape index (κ3) is 3.47. The number of benzene rings is 1. The molecule has 5 nitrogen and oxygen atoms in total. The van der Waals surface area contributed by atoms with Crippen LogP contribution in [-0.2, 0) is 6.61 Å². The van der Waals surface area contributed by atoms with E-state index in [0.29, 0.717) is 10.2 Å². The summed E-state index contributed by atoms with van der Waals surface area (Å²) in [5.41, 5.74) is 0.744. The average Bonchev–Trinajstić information content (AvgIpc) is 2.39. The molecule has 2 rings (SSSR count). The molecule has 98 valence electrons. The fourth-order valence-electron chi connectivity index (χ4n) is 1.38. The van der Waals surface area contributed by atoms with Gasteiger partial charge in [0.05, 0.1) is 11.1 Å². The summed E-state index contributed by atoms with van der Waals surface area (Å²) in [5, 5.41) is 10.6. The zero-order valence-electron chi connectivity index (χ0n) is 9.55. The molecule has 0 unspecified atom stereocenters. The Hall–Kier alpha value is -2.02. The van der Waals surface area contributed by atoms with Crippen molar-refractivity contribution in [1.29, 1.82) is 0 Å². The van der Waals surface area contributed by atoms with Crippen molar-refractivity contribution in [3.05, 3.63) is 62.6 Å². The number of rotatable bonds is 4. The molecule has 0 radical (unpaired) electrons. The van der Waals surface area contributed by atoms with Crippen LogP contribution in [0, 0.1) is 16.1 Å². The number of hydrogen-bond acceptors (Lipinski definition) is 4.